The molecule has 0 bridgehead atoms. The first kappa shape index (κ1) is 17.7. The molecule has 0 unspecified atom stereocenters. The van der Waals surface area contributed by atoms with E-state index in [-0.39, 0.29) is 11.5 Å². The highest BCUT2D eigenvalue weighted by Gasteiger charge is 2.23. The van der Waals surface area contributed by atoms with Crippen LogP contribution in [0.25, 0.3) is 0 Å². The molecule has 6 nitrogen and oxygen atoms in total. The number of carbonyl (C=O) groups is 1. The van der Waals surface area contributed by atoms with Gasteiger partial charge in [0, 0.05) is 45.3 Å². The number of nitrogens with zero attached hydrogens (tertiary/aromatic N) is 4. The van der Waals surface area contributed by atoms with Crippen LogP contribution in [-0.4, -0.2) is 58.2 Å². The van der Waals surface area contributed by atoms with Crippen molar-refractivity contribution < 1.29 is 4.79 Å². The second-order valence-corrected chi connectivity index (χ2v) is 6.62. The summed E-state index contributed by atoms with van der Waals surface area (Å²) in [6, 6.07) is 3.00. The number of rotatable bonds is 6. The maximum absolute atomic E-state index is 12.6. The number of hydrogen-bond acceptors (Lipinski definition) is 4. The van der Waals surface area contributed by atoms with E-state index in [1.165, 1.54) is 10.7 Å². The Morgan fingerprint density at radius 2 is 1.91 bits per heavy atom. The lowest BCUT2D eigenvalue weighted by Gasteiger charge is -2.35. The first-order valence-electron chi connectivity index (χ1n) is 8.61. The van der Waals surface area contributed by atoms with Gasteiger partial charge >= 0.3 is 0 Å². The van der Waals surface area contributed by atoms with Crippen molar-refractivity contribution in [2.75, 3.05) is 32.7 Å². The number of aromatic nitrogens is 2. The van der Waals surface area contributed by atoms with Crippen LogP contribution in [0.2, 0.25) is 0 Å². The summed E-state index contributed by atoms with van der Waals surface area (Å²) >= 11 is 0. The summed E-state index contributed by atoms with van der Waals surface area (Å²) < 4.78 is 1.41. The minimum atomic E-state index is -0.142. The minimum Gasteiger partial charge on any atom is -0.335 e. The fraction of sp³-hybridized carbons (Fsp3) is 0.706. The number of unbranched alkanes of at least 4 members (excludes halogenated alkanes) is 1. The van der Waals surface area contributed by atoms with E-state index in [0.29, 0.717) is 18.2 Å². The SMILES string of the molecule is CCCCn1nc(C(=O)N2CCN(CC(C)C)CC2)ccc1=O. The average molecular weight is 320 g/mol. The minimum absolute atomic E-state index is 0.0700. The van der Waals surface area contributed by atoms with Crippen LogP contribution in [0.1, 0.15) is 44.1 Å². The van der Waals surface area contributed by atoms with Crippen molar-refractivity contribution in [1.82, 2.24) is 19.6 Å². The standard InChI is InChI=1S/C17H28N4O2/c1-4-5-8-21-16(22)7-6-15(18-21)17(23)20-11-9-19(10-12-20)13-14(2)3/h6-7,14H,4-5,8-13H2,1-3H3. The van der Waals surface area contributed by atoms with Crippen molar-refractivity contribution in [3.8, 4) is 0 Å². The number of hydrogen-bond donors (Lipinski definition) is 0. The highest BCUT2D eigenvalue weighted by molar-refractivity contribution is 5.92. The van der Waals surface area contributed by atoms with E-state index < -0.39 is 0 Å². The Hall–Kier alpha value is -1.69. The zero-order valence-corrected chi connectivity index (χ0v) is 14.5. The molecule has 1 aliphatic heterocycles. The van der Waals surface area contributed by atoms with Crippen LogP contribution in [-0.2, 0) is 6.54 Å². The van der Waals surface area contributed by atoms with Crippen LogP contribution in [0.5, 0.6) is 0 Å². The number of piperazine rings is 1. The molecule has 1 fully saturated rings. The molecule has 0 saturated carbocycles. The van der Waals surface area contributed by atoms with Crippen molar-refractivity contribution in [3.63, 3.8) is 0 Å². The normalized spacial score (nSPS) is 16.1. The Balaban J connectivity index is 1.99. The average Bonchev–Trinajstić information content (AvgIpc) is 2.53. The number of aryl methyl sites for hydroxylation is 1. The third kappa shape index (κ3) is 4.89. The molecule has 128 valence electrons. The van der Waals surface area contributed by atoms with Crippen molar-refractivity contribution in [2.24, 2.45) is 5.92 Å². The Labute approximate surface area is 138 Å². The zero-order chi connectivity index (χ0) is 16.8. The Morgan fingerprint density at radius 1 is 1.22 bits per heavy atom. The van der Waals surface area contributed by atoms with Crippen LogP contribution < -0.4 is 5.56 Å². The molecule has 1 aromatic rings. The van der Waals surface area contributed by atoms with Crippen LogP contribution >= 0.6 is 0 Å². The Morgan fingerprint density at radius 3 is 2.52 bits per heavy atom. The molecule has 0 spiro atoms. The molecule has 1 saturated heterocycles. The van der Waals surface area contributed by atoms with Gasteiger partial charge in [-0.3, -0.25) is 14.5 Å². The van der Waals surface area contributed by atoms with Crippen molar-refractivity contribution in [1.29, 1.82) is 0 Å². The molecule has 23 heavy (non-hydrogen) atoms. The lowest BCUT2D eigenvalue weighted by atomic mass is 10.2. The van der Waals surface area contributed by atoms with E-state index >= 15 is 0 Å². The lowest BCUT2D eigenvalue weighted by Crippen LogP contribution is -2.49. The van der Waals surface area contributed by atoms with Gasteiger partial charge in [-0.2, -0.15) is 5.10 Å². The van der Waals surface area contributed by atoms with Crippen molar-refractivity contribution in [2.45, 2.75) is 40.2 Å². The smallest absolute Gasteiger partial charge is 0.274 e. The third-order valence-electron chi connectivity index (χ3n) is 4.09. The molecule has 0 aromatic carbocycles. The summed E-state index contributed by atoms with van der Waals surface area (Å²) in [7, 11) is 0. The molecule has 0 radical (unpaired) electrons. The van der Waals surface area contributed by atoms with Gasteiger partial charge in [-0.15, -0.1) is 0 Å². The van der Waals surface area contributed by atoms with Gasteiger partial charge in [-0.25, -0.2) is 4.68 Å². The molecule has 0 N–H and O–H groups in total. The lowest BCUT2D eigenvalue weighted by molar-refractivity contribution is 0.0615. The summed E-state index contributed by atoms with van der Waals surface area (Å²) in [4.78, 5) is 28.6. The van der Waals surface area contributed by atoms with Gasteiger partial charge < -0.3 is 4.90 Å². The highest BCUT2D eigenvalue weighted by atomic mass is 16.2. The van der Waals surface area contributed by atoms with E-state index in [0.717, 1.165) is 45.6 Å². The fourth-order valence-electron chi connectivity index (χ4n) is 2.84. The summed E-state index contributed by atoms with van der Waals surface area (Å²) in [6.07, 6.45) is 1.88. The quantitative estimate of drug-likeness (QED) is 0.796. The maximum Gasteiger partial charge on any atom is 0.274 e. The van der Waals surface area contributed by atoms with Crippen LogP contribution in [0, 0.1) is 5.92 Å². The van der Waals surface area contributed by atoms with Gasteiger partial charge in [0.2, 0.25) is 0 Å². The Kier molecular flexibility index (Phi) is 6.33. The molecule has 6 heteroatoms. The van der Waals surface area contributed by atoms with Crippen LogP contribution in [0.15, 0.2) is 16.9 Å². The molecule has 1 aromatic heterocycles. The van der Waals surface area contributed by atoms with Crippen LogP contribution in [0.3, 0.4) is 0 Å². The van der Waals surface area contributed by atoms with Gasteiger partial charge in [0.25, 0.3) is 11.5 Å². The summed E-state index contributed by atoms with van der Waals surface area (Å²) in [5.41, 5.74) is 0.231. The topological polar surface area (TPSA) is 58.4 Å². The van der Waals surface area contributed by atoms with Crippen molar-refractivity contribution >= 4 is 5.91 Å². The molecular weight excluding hydrogens is 292 g/mol. The predicted octanol–water partition coefficient (Wildman–Crippen LogP) is 1.46. The molecular formula is C17H28N4O2. The third-order valence-corrected chi connectivity index (χ3v) is 4.09. The van der Waals surface area contributed by atoms with E-state index in [1.807, 2.05) is 4.90 Å². The molecule has 1 aliphatic rings. The largest absolute Gasteiger partial charge is 0.335 e. The van der Waals surface area contributed by atoms with Gasteiger partial charge in [-0.1, -0.05) is 27.2 Å². The zero-order valence-electron chi connectivity index (χ0n) is 14.5. The molecule has 2 heterocycles. The van der Waals surface area contributed by atoms with Gasteiger partial charge in [0.1, 0.15) is 5.69 Å². The van der Waals surface area contributed by atoms with Crippen LogP contribution in [0.4, 0.5) is 0 Å². The van der Waals surface area contributed by atoms with E-state index in [4.69, 9.17) is 0 Å². The maximum atomic E-state index is 12.6. The molecule has 1 amide bonds. The highest BCUT2D eigenvalue weighted by Crippen LogP contribution is 2.08. The summed E-state index contributed by atoms with van der Waals surface area (Å²) in [5, 5.41) is 4.25. The fourth-order valence-corrected chi connectivity index (χ4v) is 2.84. The van der Waals surface area contributed by atoms with E-state index in [1.54, 1.807) is 6.07 Å². The summed E-state index contributed by atoms with van der Waals surface area (Å²) in [6.45, 7) is 11.4. The van der Waals surface area contributed by atoms with Gasteiger partial charge in [0.15, 0.2) is 0 Å². The second kappa shape index (κ2) is 8.24. The molecule has 0 aliphatic carbocycles. The van der Waals surface area contributed by atoms with E-state index in [2.05, 4.69) is 30.8 Å². The second-order valence-electron chi connectivity index (χ2n) is 6.62. The van der Waals surface area contributed by atoms with Gasteiger partial charge in [-0.05, 0) is 18.4 Å². The van der Waals surface area contributed by atoms with Gasteiger partial charge in [0.05, 0.1) is 0 Å². The van der Waals surface area contributed by atoms with Crippen molar-refractivity contribution in [3.05, 3.63) is 28.2 Å². The summed E-state index contributed by atoms with van der Waals surface area (Å²) in [5.74, 6) is 0.570. The monoisotopic (exact) mass is 320 g/mol. The molecule has 0 atom stereocenters. The Bertz CT molecular complexity index is 574. The predicted molar refractivity (Wildman–Crippen MR) is 90.6 cm³/mol. The first-order valence-corrected chi connectivity index (χ1v) is 8.61. The number of amides is 1. The first-order chi connectivity index (χ1) is 11.0. The van der Waals surface area contributed by atoms with E-state index in [9.17, 15) is 9.59 Å². The number of carbonyl (C=O) groups excluding carboxylic acids is 1. The molecule has 2 rings (SSSR count).